The number of benzene rings is 1. The number of aliphatic hydroxyl groups is 1. The molecular weight excluding hydrogens is 393 g/mol. The van der Waals surface area contributed by atoms with E-state index in [9.17, 15) is 9.32 Å². The van der Waals surface area contributed by atoms with Crippen molar-refractivity contribution in [2.75, 3.05) is 12.9 Å². The van der Waals surface area contributed by atoms with E-state index >= 15 is 4.39 Å². The highest BCUT2D eigenvalue weighted by Gasteiger charge is 2.21. The number of hydrogen-bond acceptors (Lipinski definition) is 5. The Morgan fingerprint density at radius 3 is 2.66 bits per heavy atom. The molecule has 0 aliphatic heterocycles. The zero-order chi connectivity index (χ0) is 21.2. The maximum Gasteiger partial charge on any atom is 0.152 e. The molecule has 0 bridgehead atoms. The van der Waals surface area contributed by atoms with Gasteiger partial charge < -0.3 is 14.3 Å². The van der Waals surface area contributed by atoms with Crippen molar-refractivity contribution < 1.29 is 22.9 Å². The van der Waals surface area contributed by atoms with Gasteiger partial charge in [0.05, 0.1) is 12.3 Å². The van der Waals surface area contributed by atoms with Crippen molar-refractivity contribution >= 4 is 21.8 Å². The lowest BCUT2D eigenvalue weighted by Crippen LogP contribution is -2.25. The van der Waals surface area contributed by atoms with Crippen LogP contribution in [0.15, 0.2) is 34.9 Å². The van der Waals surface area contributed by atoms with Gasteiger partial charge in [-0.15, -0.1) is 0 Å². The maximum atomic E-state index is 15.3. The number of aliphatic hydroxyl groups excluding tert-OH is 1. The second-order valence-corrected chi connectivity index (χ2v) is 10.2. The van der Waals surface area contributed by atoms with E-state index in [4.69, 9.17) is 9.15 Å². The third kappa shape index (κ3) is 4.74. The lowest BCUT2D eigenvalue weighted by Gasteiger charge is -2.17. The lowest BCUT2D eigenvalue weighted by atomic mass is 10.00. The molecule has 0 fully saturated rings. The summed E-state index contributed by atoms with van der Waals surface area (Å²) in [5, 5.41) is 10.4. The molecule has 0 saturated carbocycles. The van der Waals surface area contributed by atoms with Crippen molar-refractivity contribution in [2.24, 2.45) is 0 Å². The number of furan rings is 1. The Balaban J connectivity index is 2.04. The number of pyridine rings is 1. The Morgan fingerprint density at radius 1 is 1.24 bits per heavy atom. The van der Waals surface area contributed by atoms with Crippen molar-refractivity contribution in [2.45, 2.75) is 45.2 Å². The molecule has 2 aromatic heterocycles. The van der Waals surface area contributed by atoms with Crippen LogP contribution in [0.5, 0.6) is 0 Å². The average molecular weight is 420 g/mol. The zero-order valence-electron chi connectivity index (χ0n) is 17.1. The van der Waals surface area contributed by atoms with Crippen LogP contribution < -0.4 is 0 Å². The summed E-state index contributed by atoms with van der Waals surface area (Å²) in [7, 11) is 0.477. The van der Waals surface area contributed by atoms with E-state index in [1.165, 1.54) is 0 Å². The average Bonchev–Trinajstić information content (AvgIpc) is 3.08. The summed E-state index contributed by atoms with van der Waals surface area (Å²) in [6.07, 6.45) is 1.82. The molecular formula is C22H26FNO4S. The standard InChI is InChI=1S/C22H26FNO4S/c1-22(2,3)29(26)8-6-19-20(23)17(5-7-24-19)18-10-14(12-25)9-15-11-16(13-27-4)28-21(15)18/h5,7,9-11,25H,6,8,12-13H2,1-4H3/t29-/m1/s1. The van der Waals surface area contributed by atoms with Crippen LogP contribution in [-0.2, 0) is 35.2 Å². The molecule has 2 heterocycles. The number of hydrogen-bond donors (Lipinski definition) is 1. The van der Waals surface area contributed by atoms with E-state index < -0.39 is 16.6 Å². The molecule has 0 unspecified atom stereocenters. The van der Waals surface area contributed by atoms with Gasteiger partial charge in [-0.2, -0.15) is 0 Å². The Hall–Kier alpha value is -2.09. The molecule has 1 N–H and O–H groups in total. The molecule has 1 atom stereocenters. The normalized spacial score (nSPS) is 13.2. The van der Waals surface area contributed by atoms with Gasteiger partial charge in [0.1, 0.15) is 18.0 Å². The SMILES string of the molecule is COCc1cc2cc(CO)cc(-c3ccnc(CC[S@@](=O)C(C)(C)C)c3F)c2o1. The first-order valence-corrected chi connectivity index (χ1v) is 10.7. The smallest absolute Gasteiger partial charge is 0.152 e. The van der Waals surface area contributed by atoms with Crippen molar-refractivity contribution in [3.8, 4) is 11.1 Å². The number of ether oxygens (including phenoxy) is 1. The fourth-order valence-corrected chi connectivity index (χ4v) is 4.13. The zero-order valence-corrected chi connectivity index (χ0v) is 17.9. The van der Waals surface area contributed by atoms with E-state index in [1.54, 1.807) is 25.4 Å². The van der Waals surface area contributed by atoms with Crippen LogP contribution in [-0.4, -0.2) is 31.9 Å². The van der Waals surface area contributed by atoms with Crippen LogP contribution in [0.25, 0.3) is 22.1 Å². The molecule has 0 aliphatic carbocycles. The van der Waals surface area contributed by atoms with E-state index in [2.05, 4.69) is 4.98 Å². The molecule has 29 heavy (non-hydrogen) atoms. The van der Waals surface area contributed by atoms with Gasteiger partial charge in [0, 0.05) is 57.5 Å². The number of rotatable bonds is 7. The number of aromatic nitrogens is 1. The van der Waals surface area contributed by atoms with Crippen LogP contribution >= 0.6 is 0 Å². The third-order valence-corrected chi connectivity index (χ3v) is 6.60. The summed E-state index contributed by atoms with van der Waals surface area (Å²) in [5.74, 6) is 0.496. The van der Waals surface area contributed by atoms with Crippen molar-refractivity contribution in [3.63, 3.8) is 0 Å². The Labute approximate surface area is 172 Å². The maximum absolute atomic E-state index is 15.3. The molecule has 3 rings (SSSR count). The molecule has 0 radical (unpaired) electrons. The molecule has 0 amide bonds. The van der Waals surface area contributed by atoms with Gasteiger partial charge in [-0.1, -0.05) is 0 Å². The highest BCUT2D eigenvalue weighted by molar-refractivity contribution is 7.86. The van der Waals surface area contributed by atoms with E-state index in [0.717, 1.165) is 5.39 Å². The summed E-state index contributed by atoms with van der Waals surface area (Å²) in [4.78, 5) is 4.17. The first kappa shape index (κ1) is 21.6. The van der Waals surface area contributed by atoms with Crippen LogP contribution in [0.1, 0.15) is 37.8 Å². The molecule has 5 nitrogen and oxygen atoms in total. The van der Waals surface area contributed by atoms with E-state index in [-0.39, 0.29) is 23.5 Å². The van der Waals surface area contributed by atoms with Crippen molar-refractivity contribution in [1.29, 1.82) is 0 Å². The number of methoxy groups -OCH3 is 1. The topological polar surface area (TPSA) is 72.6 Å². The highest BCUT2D eigenvalue weighted by atomic mass is 32.2. The second kappa shape index (κ2) is 8.73. The molecule has 156 valence electrons. The Morgan fingerprint density at radius 2 is 2.00 bits per heavy atom. The molecule has 0 aliphatic rings. The lowest BCUT2D eigenvalue weighted by molar-refractivity contribution is 0.166. The number of aryl methyl sites for hydroxylation is 1. The van der Waals surface area contributed by atoms with Crippen molar-refractivity contribution in [1.82, 2.24) is 4.98 Å². The predicted molar refractivity (Wildman–Crippen MR) is 113 cm³/mol. The number of fused-ring (bicyclic) bond motifs is 1. The van der Waals surface area contributed by atoms with Crippen molar-refractivity contribution in [3.05, 3.63) is 53.3 Å². The van der Waals surface area contributed by atoms with Crippen LogP contribution in [0.3, 0.4) is 0 Å². The quantitative estimate of drug-likeness (QED) is 0.616. The summed E-state index contributed by atoms with van der Waals surface area (Å²) in [5.41, 5.74) is 2.35. The van der Waals surface area contributed by atoms with Gasteiger partial charge in [-0.3, -0.25) is 9.19 Å². The molecule has 3 aromatic rings. The minimum absolute atomic E-state index is 0.169. The van der Waals surface area contributed by atoms with Crippen LogP contribution in [0, 0.1) is 5.82 Å². The highest BCUT2D eigenvalue weighted by Crippen LogP contribution is 2.35. The van der Waals surface area contributed by atoms with Crippen LogP contribution in [0.2, 0.25) is 0 Å². The second-order valence-electron chi connectivity index (χ2n) is 7.90. The molecule has 0 saturated heterocycles. The van der Waals surface area contributed by atoms with Gasteiger partial charge in [-0.05, 0) is 50.6 Å². The van der Waals surface area contributed by atoms with Crippen LogP contribution in [0.4, 0.5) is 4.39 Å². The summed E-state index contributed by atoms with van der Waals surface area (Å²) in [6.45, 7) is 5.82. The first-order valence-electron chi connectivity index (χ1n) is 9.42. The molecule has 1 aromatic carbocycles. The monoisotopic (exact) mass is 419 g/mol. The minimum atomic E-state index is -1.10. The third-order valence-electron chi connectivity index (χ3n) is 4.66. The summed E-state index contributed by atoms with van der Waals surface area (Å²) in [6, 6.07) is 6.95. The largest absolute Gasteiger partial charge is 0.458 e. The Bertz CT molecular complexity index is 1040. The van der Waals surface area contributed by atoms with Gasteiger partial charge >= 0.3 is 0 Å². The van der Waals surface area contributed by atoms with Gasteiger partial charge in [0.15, 0.2) is 5.82 Å². The van der Waals surface area contributed by atoms with Gasteiger partial charge in [0.2, 0.25) is 0 Å². The predicted octanol–water partition coefficient (Wildman–Crippen LogP) is 4.36. The van der Waals surface area contributed by atoms with Gasteiger partial charge in [-0.25, -0.2) is 4.39 Å². The minimum Gasteiger partial charge on any atom is -0.458 e. The molecule has 7 heteroatoms. The first-order chi connectivity index (χ1) is 13.7. The summed E-state index contributed by atoms with van der Waals surface area (Å²) < 4.78 is 38.3. The number of halogens is 1. The van der Waals surface area contributed by atoms with E-state index in [1.807, 2.05) is 32.9 Å². The van der Waals surface area contributed by atoms with Gasteiger partial charge in [0.25, 0.3) is 0 Å². The Kier molecular flexibility index (Phi) is 6.51. The molecule has 0 spiro atoms. The number of nitrogens with zero attached hydrogens (tertiary/aromatic N) is 1. The fourth-order valence-electron chi connectivity index (χ4n) is 3.14. The fraction of sp³-hybridized carbons (Fsp3) is 0.409. The van der Waals surface area contributed by atoms with E-state index in [0.29, 0.717) is 40.4 Å². The summed E-state index contributed by atoms with van der Waals surface area (Å²) >= 11 is 0.